The zero-order chi connectivity index (χ0) is 14.3. The topological polar surface area (TPSA) is 24.4 Å². The van der Waals surface area contributed by atoms with E-state index in [4.69, 9.17) is 0 Å². The van der Waals surface area contributed by atoms with Crippen LogP contribution in [0, 0.1) is 0 Å². The minimum absolute atomic E-state index is 0.175. The van der Waals surface area contributed by atoms with Gasteiger partial charge in [0.25, 0.3) is 0 Å². The first-order valence-electron chi connectivity index (χ1n) is 5.53. The van der Waals surface area contributed by atoms with E-state index in [0.717, 1.165) is 17.9 Å². The molecular weight excluding hydrogens is 341 g/mol. The number of halogens is 4. The number of hydrogen-bond donors (Lipinski definition) is 1. The fourth-order valence-electron chi connectivity index (χ4n) is 1.60. The maximum atomic E-state index is 12.7. The van der Waals surface area contributed by atoms with Gasteiger partial charge in [-0.3, -0.25) is 4.99 Å². The molecule has 2 rings (SSSR count). The summed E-state index contributed by atoms with van der Waals surface area (Å²) in [5, 5.41) is 3.58. The summed E-state index contributed by atoms with van der Waals surface area (Å²) >= 11 is 4.60. The van der Waals surface area contributed by atoms with Crippen LogP contribution in [-0.2, 0) is 6.18 Å². The van der Waals surface area contributed by atoms with Crippen molar-refractivity contribution in [3.05, 3.63) is 28.2 Å². The number of rotatable bonds is 1. The van der Waals surface area contributed by atoms with Crippen LogP contribution >= 0.6 is 27.7 Å². The van der Waals surface area contributed by atoms with Crippen molar-refractivity contribution < 1.29 is 13.2 Å². The van der Waals surface area contributed by atoms with Gasteiger partial charge in [-0.25, -0.2) is 0 Å². The molecule has 2 nitrogen and oxygen atoms in total. The Labute approximate surface area is 122 Å². The fourth-order valence-corrected chi connectivity index (χ4v) is 3.15. The number of amidine groups is 1. The fraction of sp³-hybridized carbons (Fsp3) is 0.417. The summed E-state index contributed by atoms with van der Waals surface area (Å²) in [5.41, 5.74) is -0.482. The monoisotopic (exact) mass is 352 g/mol. The summed E-state index contributed by atoms with van der Waals surface area (Å²) in [6, 6.07) is 3.74. The molecule has 0 spiro atoms. The van der Waals surface area contributed by atoms with Crippen molar-refractivity contribution in [2.75, 3.05) is 11.1 Å². The van der Waals surface area contributed by atoms with Gasteiger partial charge in [-0.05, 0) is 32.0 Å². The predicted molar refractivity (Wildman–Crippen MR) is 76.7 cm³/mol. The molecule has 0 atom stereocenters. The minimum Gasteiger partial charge on any atom is -0.335 e. The Kier molecular flexibility index (Phi) is 3.88. The number of benzene rings is 1. The van der Waals surface area contributed by atoms with Gasteiger partial charge in [0, 0.05) is 15.9 Å². The first kappa shape index (κ1) is 14.7. The van der Waals surface area contributed by atoms with Gasteiger partial charge in [0.05, 0.1) is 11.1 Å². The van der Waals surface area contributed by atoms with Crippen molar-refractivity contribution in [1.29, 1.82) is 0 Å². The van der Waals surface area contributed by atoms with Crippen molar-refractivity contribution in [2.45, 2.75) is 25.6 Å². The van der Waals surface area contributed by atoms with Gasteiger partial charge in [-0.15, -0.1) is 0 Å². The van der Waals surface area contributed by atoms with Crippen molar-refractivity contribution in [2.24, 2.45) is 4.99 Å². The Morgan fingerprint density at radius 3 is 2.53 bits per heavy atom. The number of anilines is 1. The van der Waals surface area contributed by atoms with Crippen LogP contribution < -0.4 is 5.32 Å². The summed E-state index contributed by atoms with van der Waals surface area (Å²) in [6.07, 6.45) is -4.36. The van der Waals surface area contributed by atoms with Crippen LogP contribution in [0.4, 0.5) is 18.9 Å². The third-order valence-electron chi connectivity index (χ3n) is 2.44. The number of nitrogens with one attached hydrogen (secondary N) is 1. The van der Waals surface area contributed by atoms with E-state index < -0.39 is 11.7 Å². The normalized spacial score (nSPS) is 18.3. The molecule has 1 aliphatic rings. The maximum Gasteiger partial charge on any atom is 0.416 e. The number of hydrogen-bond acceptors (Lipinski definition) is 3. The van der Waals surface area contributed by atoms with Crippen LogP contribution in [0.2, 0.25) is 0 Å². The van der Waals surface area contributed by atoms with Crippen molar-refractivity contribution >= 4 is 38.5 Å². The average molecular weight is 353 g/mol. The van der Waals surface area contributed by atoms with E-state index in [1.165, 1.54) is 11.8 Å². The molecule has 104 valence electrons. The molecule has 19 heavy (non-hydrogen) atoms. The molecule has 0 radical (unpaired) electrons. The van der Waals surface area contributed by atoms with Crippen molar-refractivity contribution in [3.63, 3.8) is 0 Å². The SMILES string of the molecule is CC1(C)CSC(Nc2cc(Br)cc(C(F)(F)F)c2)=N1. The second-order valence-corrected chi connectivity index (χ2v) is 6.75. The molecule has 0 unspecified atom stereocenters. The molecule has 0 saturated carbocycles. The third-order valence-corrected chi connectivity index (χ3v) is 4.22. The lowest BCUT2D eigenvalue weighted by molar-refractivity contribution is -0.137. The van der Waals surface area contributed by atoms with Crippen molar-refractivity contribution in [3.8, 4) is 0 Å². The summed E-state index contributed by atoms with van der Waals surface area (Å²) in [4.78, 5) is 4.41. The van der Waals surface area contributed by atoms with E-state index in [1.807, 2.05) is 13.8 Å². The lowest BCUT2D eigenvalue weighted by Crippen LogP contribution is -2.15. The lowest BCUT2D eigenvalue weighted by Gasteiger charge is -2.11. The van der Waals surface area contributed by atoms with E-state index in [2.05, 4.69) is 26.2 Å². The van der Waals surface area contributed by atoms with E-state index in [9.17, 15) is 13.2 Å². The zero-order valence-electron chi connectivity index (χ0n) is 10.3. The van der Waals surface area contributed by atoms with Crippen LogP contribution in [0.3, 0.4) is 0 Å². The number of alkyl halides is 3. The number of aliphatic imine (C=N–C) groups is 1. The Bertz CT molecular complexity index is 526. The first-order valence-corrected chi connectivity index (χ1v) is 7.31. The van der Waals surface area contributed by atoms with Crippen LogP contribution in [0.15, 0.2) is 27.7 Å². The molecule has 0 amide bonds. The van der Waals surface area contributed by atoms with E-state index >= 15 is 0 Å². The van der Waals surface area contributed by atoms with Gasteiger partial charge in [0.2, 0.25) is 0 Å². The summed E-state index contributed by atoms with van der Waals surface area (Å²) in [7, 11) is 0. The van der Waals surface area contributed by atoms with Gasteiger partial charge in [-0.1, -0.05) is 27.7 Å². The molecule has 0 aromatic heterocycles. The van der Waals surface area contributed by atoms with Gasteiger partial charge in [0.15, 0.2) is 5.17 Å². The summed E-state index contributed by atoms with van der Waals surface area (Å²) in [6.45, 7) is 3.97. The first-order chi connectivity index (χ1) is 8.66. The Balaban J connectivity index is 2.25. The predicted octanol–water partition coefficient (Wildman–Crippen LogP) is 4.76. The highest BCUT2D eigenvalue weighted by molar-refractivity contribution is 9.10. The molecule has 0 aliphatic carbocycles. The van der Waals surface area contributed by atoms with Crippen molar-refractivity contribution in [1.82, 2.24) is 0 Å². The van der Waals surface area contributed by atoms with E-state index in [-0.39, 0.29) is 5.54 Å². The molecule has 0 fully saturated rings. The second kappa shape index (κ2) is 5.01. The second-order valence-electron chi connectivity index (χ2n) is 4.87. The summed E-state index contributed by atoms with van der Waals surface area (Å²) < 4.78 is 38.5. The smallest absolute Gasteiger partial charge is 0.335 e. The van der Waals surface area contributed by atoms with Crippen LogP contribution in [0.5, 0.6) is 0 Å². The summed E-state index contributed by atoms with van der Waals surface area (Å²) in [5.74, 6) is 0.815. The van der Waals surface area contributed by atoms with E-state index in [0.29, 0.717) is 15.3 Å². The minimum atomic E-state index is -4.36. The van der Waals surface area contributed by atoms with Gasteiger partial charge >= 0.3 is 6.18 Å². The number of nitrogens with zero attached hydrogens (tertiary/aromatic N) is 1. The molecule has 0 bridgehead atoms. The molecule has 7 heteroatoms. The zero-order valence-corrected chi connectivity index (χ0v) is 12.7. The number of thioether (sulfide) groups is 1. The highest BCUT2D eigenvalue weighted by atomic mass is 79.9. The van der Waals surface area contributed by atoms with Gasteiger partial charge in [-0.2, -0.15) is 13.2 Å². The highest BCUT2D eigenvalue weighted by Crippen LogP contribution is 2.34. The van der Waals surface area contributed by atoms with E-state index in [1.54, 1.807) is 6.07 Å². The molecule has 0 saturated heterocycles. The van der Waals surface area contributed by atoms with Crippen LogP contribution in [-0.4, -0.2) is 16.5 Å². The Morgan fingerprint density at radius 1 is 1.32 bits per heavy atom. The molecule has 1 aromatic carbocycles. The molecule has 1 heterocycles. The average Bonchev–Trinajstić information content (AvgIpc) is 2.55. The quantitative estimate of drug-likeness (QED) is 0.787. The highest BCUT2D eigenvalue weighted by Gasteiger charge is 2.31. The lowest BCUT2D eigenvalue weighted by atomic mass is 10.1. The molecular formula is C12H12BrF3N2S. The Morgan fingerprint density at radius 2 is 2.00 bits per heavy atom. The molecule has 1 N–H and O–H groups in total. The van der Waals surface area contributed by atoms with Gasteiger partial charge in [0.1, 0.15) is 0 Å². The molecule has 1 aliphatic heterocycles. The third kappa shape index (κ3) is 3.89. The van der Waals surface area contributed by atoms with Crippen LogP contribution in [0.1, 0.15) is 19.4 Å². The Hall–Kier alpha value is -0.690. The molecule has 1 aromatic rings. The van der Waals surface area contributed by atoms with Gasteiger partial charge < -0.3 is 5.32 Å². The maximum absolute atomic E-state index is 12.7. The van der Waals surface area contributed by atoms with Crippen LogP contribution in [0.25, 0.3) is 0 Å². The largest absolute Gasteiger partial charge is 0.416 e. The standard InChI is InChI=1S/C12H12BrF3N2S/c1-11(2)6-19-10(18-11)17-9-4-7(12(14,15)16)3-8(13)5-9/h3-5H,6H2,1-2H3,(H,17,18).